The van der Waals surface area contributed by atoms with E-state index >= 15 is 0 Å². The highest BCUT2D eigenvalue weighted by Gasteiger charge is 2.10. The average Bonchev–Trinajstić information content (AvgIpc) is 2.25. The molecule has 0 aliphatic rings. The predicted octanol–water partition coefficient (Wildman–Crippen LogP) is 0.579. The first-order valence-corrected chi connectivity index (χ1v) is 4.89. The second kappa shape index (κ2) is 5.37. The maximum absolute atomic E-state index is 10.6. The SMILES string of the molecule is COc1ccc(C(C)N)c(OCC(N)=O)c1. The third kappa shape index (κ3) is 3.13. The zero-order valence-corrected chi connectivity index (χ0v) is 9.40. The molecule has 0 radical (unpaired) electrons. The Morgan fingerprint density at radius 2 is 2.19 bits per heavy atom. The molecule has 0 saturated carbocycles. The van der Waals surface area contributed by atoms with E-state index in [9.17, 15) is 4.79 Å². The molecule has 0 heterocycles. The summed E-state index contributed by atoms with van der Waals surface area (Å²) in [6.45, 7) is 1.66. The van der Waals surface area contributed by atoms with Crippen LogP contribution in [0.1, 0.15) is 18.5 Å². The van der Waals surface area contributed by atoms with Crippen molar-refractivity contribution in [1.82, 2.24) is 0 Å². The molecule has 0 bridgehead atoms. The number of carbonyl (C=O) groups is 1. The van der Waals surface area contributed by atoms with Crippen LogP contribution in [0.2, 0.25) is 0 Å². The van der Waals surface area contributed by atoms with Crippen molar-refractivity contribution in [3.63, 3.8) is 0 Å². The van der Waals surface area contributed by atoms with E-state index in [0.717, 1.165) is 5.56 Å². The zero-order valence-electron chi connectivity index (χ0n) is 9.40. The number of nitrogens with two attached hydrogens (primary N) is 2. The van der Waals surface area contributed by atoms with Crippen molar-refractivity contribution >= 4 is 5.91 Å². The lowest BCUT2D eigenvalue weighted by Gasteiger charge is -2.14. The van der Waals surface area contributed by atoms with Crippen molar-refractivity contribution in [2.75, 3.05) is 13.7 Å². The highest BCUT2D eigenvalue weighted by atomic mass is 16.5. The molecule has 0 aromatic heterocycles. The molecule has 0 aliphatic heterocycles. The number of rotatable bonds is 5. The Hall–Kier alpha value is -1.75. The van der Waals surface area contributed by atoms with Gasteiger partial charge in [0.25, 0.3) is 5.91 Å². The molecule has 5 heteroatoms. The Morgan fingerprint density at radius 3 is 2.69 bits per heavy atom. The van der Waals surface area contributed by atoms with E-state index in [1.54, 1.807) is 25.3 Å². The minimum absolute atomic E-state index is 0.174. The Kier molecular flexibility index (Phi) is 4.13. The third-order valence-corrected chi connectivity index (χ3v) is 2.08. The molecular formula is C11H16N2O3. The van der Waals surface area contributed by atoms with Crippen LogP contribution in [0.3, 0.4) is 0 Å². The predicted molar refractivity (Wildman–Crippen MR) is 60.3 cm³/mol. The van der Waals surface area contributed by atoms with Crippen LogP contribution in [0.15, 0.2) is 18.2 Å². The summed E-state index contributed by atoms with van der Waals surface area (Å²) in [6, 6.07) is 5.09. The van der Waals surface area contributed by atoms with Crippen LogP contribution in [0.4, 0.5) is 0 Å². The molecule has 16 heavy (non-hydrogen) atoms. The Balaban J connectivity index is 2.95. The van der Waals surface area contributed by atoms with E-state index in [0.29, 0.717) is 11.5 Å². The summed E-state index contributed by atoms with van der Waals surface area (Å²) in [5.41, 5.74) is 11.6. The molecule has 0 aliphatic carbocycles. The number of hydrogen-bond donors (Lipinski definition) is 2. The summed E-state index contributed by atoms with van der Waals surface area (Å²) in [6.07, 6.45) is 0. The number of ether oxygens (including phenoxy) is 2. The molecule has 0 spiro atoms. The van der Waals surface area contributed by atoms with Gasteiger partial charge in [-0.25, -0.2) is 0 Å². The minimum atomic E-state index is -0.529. The smallest absolute Gasteiger partial charge is 0.255 e. The van der Waals surface area contributed by atoms with Crippen molar-refractivity contribution < 1.29 is 14.3 Å². The first-order chi connectivity index (χ1) is 7.54. The van der Waals surface area contributed by atoms with Gasteiger partial charge < -0.3 is 20.9 Å². The van der Waals surface area contributed by atoms with Crippen LogP contribution in [0.5, 0.6) is 11.5 Å². The van der Waals surface area contributed by atoms with Gasteiger partial charge in [-0.15, -0.1) is 0 Å². The van der Waals surface area contributed by atoms with Crippen LogP contribution >= 0.6 is 0 Å². The second-order valence-corrected chi connectivity index (χ2v) is 3.45. The standard InChI is InChI=1S/C11H16N2O3/c1-7(12)9-4-3-8(15-2)5-10(9)16-6-11(13)14/h3-5,7H,6,12H2,1-2H3,(H2,13,14). The van der Waals surface area contributed by atoms with Gasteiger partial charge in [-0.2, -0.15) is 0 Å². The number of amides is 1. The maximum Gasteiger partial charge on any atom is 0.255 e. The van der Waals surface area contributed by atoms with Gasteiger partial charge in [0.1, 0.15) is 11.5 Å². The van der Waals surface area contributed by atoms with E-state index < -0.39 is 5.91 Å². The fourth-order valence-corrected chi connectivity index (χ4v) is 1.29. The molecule has 5 nitrogen and oxygen atoms in total. The molecule has 1 amide bonds. The normalized spacial score (nSPS) is 11.9. The summed E-state index contributed by atoms with van der Waals surface area (Å²) < 4.78 is 10.3. The molecule has 1 aromatic rings. The van der Waals surface area contributed by atoms with E-state index in [1.807, 2.05) is 6.92 Å². The van der Waals surface area contributed by atoms with Crippen molar-refractivity contribution in [3.8, 4) is 11.5 Å². The molecule has 0 saturated heterocycles. The lowest BCUT2D eigenvalue weighted by Crippen LogP contribution is -2.21. The van der Waals surface area contributed by atoms with Crippen LogP contribution < -0.4 is 20.9 Å². The number of carbonyl (C=O) groups excluding carboxylic acids is 1. The average molecular weight is 224 g/mol. The van der Waals surface area contributed by atoms with E-state index in [2.05, 4.69) is 0 Å². The monoisotopic (exact) mass is 224 g/mol. The van der Waals surface area contributed by atoms with Crippen LogP contribution in [-0.4, -0.2) is 19.6 Å². The Labute approximate surface area is 94.3 Å². The molecule has 88 valence electrons. The van der Waals surface area contributed by atoms with Gasteiger partial charge in [0, 0.05) is 17.7 Å². The van der Waals surface area contributed by atoms with Crippen LogP contribution in [-0.2, 0) is 4.79 Å². The molecule has 1 rings (SSSR count). The van der Waals surface area contributed by atoms with Crippen molar-refractivity contribution in [2.45, 2.75) is 13.0 Å². The Bertz CT molecular complexity index is 377. The quantitative estimate of drug-likeness (QED) is 0.765. The highest BCUT2D eigenvalue weighted by Crippen LogP contribution is 2.28. The van der Waals surface area contributed by atoms with Crippen LogP contribution in [0.25, 0.3) is 0 Å². The van der Waals surface area contributed by atoms with Gasteiger partial charge in [-0.3, -0.25) is 4.79 Å². The lowest BCUT2D eigenvalue weighted by molar-refractivity contribution is -0.119. The Morgan fingerprint density at radius 1 is 1.50 bits per heavy atom. The minimum Gasteiger partial charge on any atom is -0.497 e. The zero-order chi connectivity index (χ0) is 12.1. The van der Waals surface area contributed by atoms with Gasteiger partial charge >= 0.3 is 0 Å². The fourth-order valence-electron chi connectivity index (χ4n) is 1.29. The number of benzene rings is 1. The van der Waals surface area contributed by atoms with Crippen molar-refractivity contribution in [1.29, 1.82) is 0 Å². The molecule has 1 aromatic carbocycles. The largest absolute Gasteiger partial charge is 0.497 e. The van der Waals surface area contributed by atoms with Crippen molar-refractivity contribution in [2.24, 2.45) is 11.5 Å². The van der Waals surface area contributed by atoms with Crippen LogP contribution in [0, 0.1) is 0 Å². The first kappa shape index (κ1) is 12.3. The highest BCUT2D eigenvalue weighted by molar-refractivity contribution is 5.75. The van der Waals surface area contributed by atoms with E-state index in [-0.39, 0.29) is 12.6 Å². The van der Waals surface area contributed by atoms with E-state index in [1.165, 1.54) is 0 Å². The summed E-state index contributed by atoms with van der Waals surface area (Å²) in [5, 5.41) is 0. The fraction of sp³-hybridized carbons (Fsp3) is 0.364. The second-order valence-electron chi connectivity index (χ2n) is 3.45. The summed E-state index contributed by atoms with van der Waals surface area (Å²) >= 11 is 0. The number of primary amides is 1. The van der Waals surface area contributed by atoms with Gasteiger partial charge in [-0.05, 0) is 13.0 Å². The van der Waals surface area contributed by atoms with E-state index in [4.69, 9.17) is 20.9 Å². The topological polar surface area (TPSA) is 87.6 Å². The van der Waals surface area contributed by atoms with Gasteiger partial charge in [0.15, 0.2) is 6.61 Å². The van der Waals surface area contributed by atoms with Crippen molar-refractivity contribution in [3.05, 3.63) is 23.8 Å². The molecule has 1 unspecified atom stereocenters. The number of methoxy groups -OCH3 is 1. The molecule has 0 fully saturated rings. The van der Waals surface area contributed by atoms with Gasteiger partial charge in [0.2, 0.25) is 0 Å². The summed E-state index contributed by atoms with van der Waals surface area (Å²) in [5.74, 6) is 0.635. The summed E-state index contributed by atoms with van der Waals surface area (Å²) in [4.78, 5) is 10.6. The number of hydrogen-bond acceptors (Lipinski definition) is 4. The molecular weight excluding hydrogens is 208 g/mol. The maximum atomic E-state index is 10.6. The third-order valence-electron chi connectivity index (χ3n) is 2.08. The molecule has 4 N–H and O–H groups in total. The molecule has 1 atom stereocenters. The summed E-state index contributed by atoms with van der Waals surface area (Å²) in [7, 11) is 1.55. The van der Waals surface area contributed by atoms with Gasteiger partial charge in [0.05, 0.1) is 7.11 Å². The van der Waals surface area contributed by atoms with Gasteiger partial charge in [-0.1, -0.05) is 6.07 Å². The lowest BCUT2D eigenvalue weighted by atomic mass is 10.1. The first-order valence-electron chi connectivity index (χ1n) is 4.89.